The van der Waals surface area contributed by atoms with Crippen LogP contribution in [0.25, 0.3) is 0 Å². The number of hydrogen-bond donors (Lipinski definition) is 2. The van der Waals surface area contributed by atoms with E-state index >= 15 is 0 Å². The Bertz CT molecular complexity index is 1200. The van der Waals surface area contributed by atoms with Crippen LogP contribution in [0.15, 0.2) is 47.5 Å². The van der Waals surface area contributed by atoms with Crippen LogP contribution in [0.5, 0.6) is 17.2 Å². The lowest BCUT2D eigenvalue weighted by atomic mass is 10.2. The maximum atomic E-state index is 13.0. The first-order valence-corrected chi connectivity index (χ1v) is 10.7. The van der Waals surface area contributed by atoms with Crippen molar-refractivity contribution in [3.05, 3.63) is 65.0 Å². The van der Waals surface area contributed by atoms with Gasteiger partial charge in [0.15, 0.2) is 11.5 Å². The van der Waals surface area contributed by atoms with E-state index in [1.807, 2.05) is 56.8 Å². The van der Waals surface area contributed by atoms with Crippen molar-refractivity contribution < 1.29 is 19.0 Å². The topological polar surface area (TPSA) is 99.0 Å². The molecular weight excluding hydrogens is 422 g/mol. The van der Waals surface area contributed by atoms with Gasteiger partial charge in [-0.15, -0.1) is 0 Å². The summed E-state index contributed by atoms with van der Waals surface area (Å²) < 4.78 is 18.3. The maximum Gasteiger partial charge on any atom is 0.258 e. The summed E-state index contributed by atoms with van der Waals surface area (Å²) >= 11 is 0. The Kier molecular flexibility index (Phi) is 6.48. The van der Waals surface area contributed by atoms with Crippen molar-refractivity contribution >= 4 is 17.6 Å². The van der Waals surface area contributed by atoms with Gasteiger partial charge in [0.1, 0.15) is 5.75 Å². The Labute approximate surface area is 192 Å². The van der Waals surface area contributed by atoms with E-state index in [0.717, 1.165) is 17.0 Å². The van der Waals surface area contributed by atoms with Crippen molar-refractivity contribution in [1.29, 1.82) is 0 Å². The molecule has 172 valence electrons. The molecule has 1 aliphatic heterocycles. The number of carbonyl (C=O) groups excluding carboxylic acids is 1. The van der Waals surface area contributed by atoms with E-state index < -0.39 is 0 Å². The molecule has 33 heavy (non-hydrogen) atoms. The molecule has 0 saturated heterocycles. The lowest BCUT2D eigenvalue weighted by Gasteiger charge is -2.15. The van der Waals surface area contributed by atoms with Gasteiger partial charge in [-0.05, 0) is 51.1 Å². The number of guanidine groups is 1. The van der Waals surface area contributed by atoms with Crippen molar-refractivity contribution in [2.45, 2.75) is 27.3 Å². The molecule has 0 saturated carbocycles. The summed E-state index contributed by atoms with van der Waals surface area (Å²) in [6.07, 6.45) is 0. The third-order valence-corrected chi connectivity index (χ3v) is 5.36. The molecule has 9 heteroatoms. The summed E-state index contributed by atoms with van der Waals surface area (Å²) in [6.45, 7) is 6.87. The number of amides is 1. The van der Waals surface area contributed by atoms with Gasteiger partial charge < -0.3 is 19.5 Å². The largest absolute Gasteiger partial charge is 0.492 e. The van der Waals surface area contributed by atoms with Crippen LogP contribution in [0, 0.1) is 13.8 Å². The van der Waals surface area contributed by atoms with Crippen LogP contribution < -0.4 is 24.8 Å². The smallest absolute Gasteiger partial charge is 0.258 e. The summed E-state index contributed by atoms with van der Waals surface area (Å²) in [4.78, 5) is 17.7. The molecule has 9 nitrogen and oxygen atoms in total. The molecule has 0 aliphatic carbocycles. The zero-order valence-corrected chi connectivity index (χ0v) is 19.1. The van der Waals surface area contributed by atoms with Gasteiger partial charge in [0, 0.05) is 23.9 Å². The van der Waals surface area contributed by atoms with Crippen LogP contribution in [0.3, 0.4) is 0 Å². The minimum atomic E-state index is -0.326. The van der Waals surface area contributed by atoms with Crippen molar-refractivity contribution in [2.24, 2.45) is 12.0 Å². The Morgan fingerprint density at radius 2 is 1.97 bits per heavy atom. The first-order chi connectivity index (χ1) is 16.0. The summed E-state index contributed by atoms with van der Waals surface area (Å²) in [5, 5.41) is 10.5. The van der Waals surface area contributed by atoms with Gasteiger partial charge in [-0.2, -0.15) is 5.10 Å². The number of ether oxygens (including phenoxy) is 3. The molecule has 0 fully saturated rings. The van der Waals surface area contributed by atoms with Crippen molar-refractivity contribution in [1.82, 2.24) is 15.1 Å². The van der Waals surface area contributed by atoms with E-state index in [4.69, 9.17) is 14.2 Å². The number of aliphatic imine (C=N–C) groups is 1. The Morgan fingerprint density at radius 1 is 1.18 bits per heavy atom. The number of fused-ring (bicyclic) bond motifs is 1. The monoisotopic (exact) mass is 449 g/mol. The number of nitrogens with zero attached hydrogens (tertiary/aromatic N) is 3. The van der Waals surface area contributed by atoms with E-state index in [0.29, 0.717) is 47.6 Å². The quantitative estimate of drug-likeness (QED) is 0.441. The molecular formula is C24H27N5O4. The average molecular weight is 450 g/mol. The lowest BCUT2D eigenvalue weighted by molar-refractivity contribution is 0.0976. The number of carbonyl (C=O) groups is 1. The highest BCUT2D eigenvalue weighted by Gasteiger charge is 2.18. The molecule has 0 radical (unpaired) electrons. The molecule has 0 unspecified atom stereocenters. The number of nitrogens with one attached hydrogen (secondary N) is 2. The minimum absolute atomic E-state index is 0.146. The van der Waals surface area contributed by atoms with Gasteiger partial charge in [-0.3, -0.25) is 14.8 Å². The Hall–Kier alpha value is -4.01. The molecule has 1 amide bonds. The number of aryl methyl sites for hydroxylation is 2. The van der Waals surface area contributed by atoms with E-state index in [2.05, 4.69) is 20.7 Å². The normalized spacial score (nSPS) is 12.5. The first kappa shape index (κ1) is 22.2. The summed E-state index contributed by atoms with van der Waals surface area (Å²) in [5.41, 5.74) is 4.05. The molecule has 4 rings (SSSR count). The molecule has 2 N–H and O–H groups in total. The summed E-state index contributed by atoms with van der Waals surface area (Å²) in [7, 11) is 1.90. The van der Waals surface area contributed by atoms with E-state index in [1.54, 1.807) is 18.2 Å². The molecule has 3 aromatic rings. The molecule has 2 heterocycles. The van der Waals surface area contributed by atoms with Gasteiger partial charge in [0.2, 0.25) is 12.8 Å². The van der Waals surface area contributed by atoms with Gasteiger partial charge in [0.25, 0.3) is 5.91 Å². The SMILES string of the molecule is CCOc1ccccc1NC(=NCc1c(C)nn(C)c1C)NC(=O)c1ccc2c(c1)OCO2. The van der Waals surface area contributed by atoms with Gasteiger partial charge >= 0.3 is 0 Å². The number of para-hydroxylation sites is 2. The average Bonchev–Trinajstić information content (AvgIpc) is 3.37. The number of anilines is 1. The van der Waals surface area contributed by atoms with E-state index in [1.165, 1.54) is 0 Å². The van der Waals surface area contributed by atoms with Crippen LogP contribution in [0.2, 0.25) is 0 Å². The number of rotatable bonds is 6. The fourth-order valence-corrected chi connectivity index (χ4v) is 3.51. The van der Waals surface area contributed by atoms with Crippen molar-refractivity contribution in [3.8, 4) is 17.2 Å². The second kappa shape index (κ2) is 9.64. The minimum Gasteiger partial charge on any atom is -0.492 e. The standard InChI is InChI=1S/C24H27N5O4/c1-5-31-20-9-7-6-8-19(20)26-24(25-13-18-15(2)28-29(4)16(18)3)27-23(30)17-10-11-21-22(12-17)33-14-32-21/h6-12H,5,13-14H2,1-4H3,(H2,25,26,27,30). The van der Waals surface area contributed by atoms with Crippen LogP contribution in [-0.2, 0) is 13.6 Å². The highest BCUT2D eigenvalue weighted by atomic mass is 16.7. The molecule has 1 aromatic heterocycles. The Balaban J connectivity index is 1.61. The lowest BCUT2D eigenvalue weighted by Crippen LogP contribution is -2.36. The van der Waals surface area contributed by atoms with E-state index in [-0.39, 0.29) is 12.7 Å². The molecule has 0 spiro atoms. The number of hydrogen-bond acceptors (Lipinski definition) is 6. The fraction of sp³-hybridized carbons (Fsp3) is 0.292. The zero-order chi connectivity index (χ0) is 23.4. The molecule has 0 atom stereocenters. The maximum absolute atomic E-state index is 13.0. The third kappa shape index (κ3) is 4.92. The van der Waals surface area contributed by atoms with Crippen molar-refractivity contribution in [2.75, 3.05) is 18.7 Å². The van der Waals surface area contributed by atoms with Crippen LogP contribution in [0.4, 0.5) is 5.69 Å². The van der Waals surface area contributed by atoms with Gasteiger partial charge in [-0.1, -0.05) is 12.1 Å². The number of aromatic nitrogens is 2. The predicted octanol–water partition coefficient (Wildman–Crippen LogP) is 3.56. The summed E-state index contributed by atoms with van der Waals surface area (Å²) in [5.74, 6) is 1.79. The predicted molar refractivity (Wildman–Crippen MR) is 125 cm³/mol. The highest BCUT2D eigenvalue weighted by Crippen LogP contribution is 2.32. The number of benzene rings is 2. The van der Waals surface area contributed by atoms with Crippen LogP contribution in [0.1, 0.15) is 34.2 Å². The highest BCUT2D eigenvalue weighted by molar-refractivity contribution is 6.10. The molecule has 1 aliphatic rings. The Morgan fingerprint density at radius 3 is 2.73 bits per heavy atom. The first-order valence-electron chi connectivity index (χ1n) is 10.7. The zero-order valence-electron chi connectivity index (χ0n) is 19.1. The fourth-order valence-electron chi connectivity index (χ4n) is 3.51. The van der Waals surface area contributed by atoms with Gasteiger partial charge in [0.05, 0.1) is 24.5 Å². The van der Waals surface area contributed by atoms with Gasteiger partial charge in [-0.25, -0.2) is 4.99 Å². The van der Waals surface area contributed by atoms with Crippen LogP contribution >= 0.6 is 0 Å². The van der Waals surface area contributed by atoms with E-state index in [9.17, 15) is 4.79 Å². The van der Waals surface area contributed by atoms with Crippen LogP contribution in [-0.4, -0.2) is 35.0 Å². The third-order valence-electron chi connectivity index (χ3n) is 5.36. The van der Waals surface area contributed by atoms with Crippen molar-refractivity contribution in [3.63, 3.8) is 0 Å². The molecule has 2 aromatic carbocycles. The summed E-state index contributed by atoms with van der Waals surface area (Å²) in [6, 6.07) is 12.6. The second-order valence-corrected chi connectivity index (χ2v) is 7.51. The second-order valence-electron chi connectivity index (χ2n) is 7.51. The molecule has 0 bridgehead atoms.